The molecule has 2 bridgehead atoms. The summed E-state index contributed by atoms with van der Waals surface area (Å²) in [5.74, 6) is -0.00708. The highest BCUT2D eigenvalue weighted by atomic mass is 16.4. The van der Waals surface area contributed by atoms with Gasteiger partial charge in [-0.2, -0.15) is 0 Å². The second-order valence-electron chi connectivity index (χ2n) is 5.92. The summed E-state index contributed by atoms with van der Waals surface area (Å²) < 4.78 is 0. The first-order chi connectivity index (χ1) is 8.21. The number of carboxylic acid groups (broad SMARTS) is 1. The summed E-state index contributed by atoms with van der Waals surface area (Å²) in [6.45, 7) is 5.57. The molecule has 4 saturated heterocycles. The van der Waals surface area contributed by atoms with E-state index < -0.39 is 5.97 Å². The molecule has 0 amide bonds. The minimum Gasteiger partial charge on any atom is -0.481 e. The molecule has 4 fully saturated rings. The van der Waals surface area contributed by atoms with Crippen LogP contribution in [0.15, 0.2) is 0 Å². The minimum atomic E-state index is -0.620. The largest absolute Gasteiger partial charge is 0.481 e. The Labute approximate surface area is 103 Å². The van der Waals surface area contributed by atoms with Crippen LogP contribution in [0, 0.1) is 5.92 Å². The smallest absolute Gasteiger partial charge is 0.305 e. The van der Waals surface area contributed by atoms with Gasteiger partial charge < -0.3 is 10.0 Å². The Kier molecular flexibility index (Phi) is 2.87. The zero-order chi connectivity index (χ0) is 11.9. The van der Waals surface area contributed by atoms with E-state index in [-0.39, 0.29) is 5.54 Å². The van der Waals surface area contributed by atoms with Gasteiger partial charge in [-0.15, -0.1) is 0 Å². The summed E-state index contributed by atoms with van der Waals surface area (Å²) >= 11 is 0. The zero-order valence-corrected chi connectivity index (χ0v) is 10.4. The number of rotatable bonds is 3. The Morgan fingerprint density at radius 2 is 1.82 bits per heavy atom. The second-order valence-corrected chi connectivity index (χ2v) is 5.92. The van der Waals surface area contributed by atoms with Gasteiger partial charge in [-0.25, -0.2) is 0 Å². The Morgan fingerprint density at radius 1 is 1.18 bits per heavy atom. The third-order valence-corrected chi connectivity index (χ3v) is 5.04. The number of fused-ring (bicyclic) bond motifs is 3. The predicted molar refractivity (Wildman–Crippen MR) is 65.0 cm³/mol. The van der Waals surface area contributed by atoms with E-state index in [4.69, 9.17) is 0 Å². The summed E-state index contributed by atoms with van der Waals surface area (Å²) in [5.41, 5.74) is -0.0428. The standard InChI is InChI=1S/C13H22N2O2/c16-12(17)9-13(15-5-1-2-6-15)10-14-7-3-11(13)4-8-14/h11H,1-10H2,(H,16,17). The molecule has 0 saturated carbocycles. The molecule has 4 aliphatic rings. The van der Waals surface area contributed by atoms with E-state index in [1.165, 1.54) is 38.8 Å². The third kappa shape index (κ3) is 1.87. The predicted octanol–water partition coefficient (Wildman–Crippen LogP) is 1.02. The lowest BCUT2D eigenvalue weighted by Gasteiger charge is -2.56. The molecule has 1 atom stereocenters. The van der Waals surface area contributed by atoms with Gasteiger partial charge in [0.05, 0.1) is 6.42 Å². The highest BCUT2D eigenvalue weighted by Gasteiger charge is 2.51. The van der Waals surface area contributed by atoms with Crippen LogP contribution in [-0.4, -0.2) is 59.1 Å². The Balaban J connectivity index is 1.87. The Bertz CT molecular complexity index is 303. The molecule has 4 heterocycles. The van der Waals surface area contributed by atoms with Crippen LogP contribution < -0.4 is 0 Å². The van der Waals surface area contributed by atoms with Gasteiger partial charge in [-0.1, -0.05) is 0 Å². The highest BCUT2D eigenvalue weighted by molar-refractivity contribution is 5.68. The first-order valence-electron chi connectivity index (χ1n) is 6.90. The summed E-state index contributed by atoms with van der Waals surface area (Å²) in [7, 11) is 0. The zero-order valence-electron chi connectivity index (χ0n) is 10.4. The maximum atomic E-state index is 11.3. The molecule has 4 nitrogen and oxygen atoms in total. The normalized spacial score (nSPS) is 41.9. The molecule has 1 N–H and O–H groups in total. The molecule has 0 spiro atoms. The quantitative estimate of drug-likeness (QED) is 0.797. The van der Waals surface area contributed by atoms with Crippen LogP contribution in [0.25, 0.3) is 0 Å². The van der Waals surface area contributed by atoms with Gasteiger partial charge in [0, 0.05) is 12.1 Å². The molecule has 0 aromatic rings. The van der Waals surface area contributed by atoms with Gasteiger partial charge in [-0.3, -0.25) is 9.69 Å². The van der Waals surface area contributed by atoms with E-state index in [9.17, 15) is 9.90 Å². The van der Waals surface area contributed by atoms with Gasteiger partial charge >= 0.3 is 5.97 Å². The molecule has 0 radical (unpaired) electrons. The lowest BCUT2D eigenvalue weighted by molar-refractivity contribution is -0.146. The van der Waals surface area contributed by atoms with Crippen LogP contribution in [0.2, 0.25) is 0 Å². The molecule has 4 aliphatic heterocycles. The van der Waals surface area contributed by atoms with Crippen molar-refractivity contribution in [1.29, 1.82) is 0 Å². The molecule has 0 aromatic carbocycles. The fourth-order valence-corrected chi connectivity index (χ4v) is 4.24. The molecule has 17 heavy (non-hydrogen) atoms. The molecular formula is C13H22N2O2. The van der Waals surface area contributed by atoms with Crippen molar-refractivity contribution in [3.63, 3.8) is 0 Å². The lowest BCUT2D eigenvalue weighted by atomic mass is 9.70. The highest BCUT2D eigenvalue weighted by Crippen LogP contribution is 2.43. The molecular weight excluding hydrogens is 216 g/mol. The molecule has 0 aromatic heterocycles. The molecule has 4 rings (SSSR count). The first-order valence-corrected chi connectivity index (χ1v) is 6.90. The SMILES string of the molecule is O=C(O)CC1(N2CCCC2)CN2CCC1CC2. The van der Waals surface area contributed by atoms with E-state index in [2.05, 4.69) is 9.80 Å². The first kappa shape index (κ1) is 11.5. The number of carbonyl (C=O) groups is 1. The number of aliphatic carboxylic acids is 1. The van der Waals surface area contributed by atoms with Gasteiger partial charge in [0.25, 0.3) is 0 Å². The Hall–Kier alpha value is -0.610. The van der Waals surface area contributed by atoms with Crippen LogP contribution >= 0.6 is 0 Å². The number of hydrogen-bond donors (Lipinski definition) is 1. The minimum absolute atomic E-state index is 0.0428. The fourth-order valence-electron chi connectivity index (χ4n) is 4.24. The molecule has 0 aliphatic carbocycles. The van der Waals surface area contributed by atoms with E-state index in [1.54, 1.807) is 0 Å². The number of hydrogen-bond acceptors (Lipinski definition) is 3. The van der Waals surface area contributed by atoms with Crippen LogP contribution in [0.1, 0.15) is 32.1 Å². The number of likely N-dealkylation sites (tertiary alicyclic amines) is 1. The van der Waals surface area contributed by atoms with E-state index in [1.807, 2.05) is 0 Å². The summed E-state index contributed by atoms with van der Waals surface area (Å²) in [4.78, 5) is 16.2. The van der Waals surface area contributed by atoms with E-state index in [0.29, 0.717) is 12.3 Å². The van der Waals surface area contributed by atoms with E-state index >= 15 is 0 Å². The summed E-state index contributed by atoms with van der Waals surface area (Å²) in [6, 6.07) is 0. The summed E-state index contributed by atoms with van der Waals surface area (Å²) in [5, 5.41) is 9.27. The van der Waals surface area contributed by atoms with Crippen molar-refractivity contribution in [2.24, 2.45) is 5.92 Å². The Morgan fingerprint density at radius 3 is 2.29 bits per heavy atom. The van der Waals surface area contributed by atoms with Crippen molar-refractivity contribution in [3.05, 3.63) is 0 Å². The number of piperidine rings is 3. The van der Waals surface area contributed by atoms with Gasteiger partial charge in [0.2, 0.25) is 0 Å². The van der Waals surface area contributed by atoms with Crippen LogP contribution in [0.3, 0.4) is 0 Å². The average Bonchev–Trinajstić information content (AvgIpc) is 2.83. The maximum absolute atomic E-state index is 11.3. The second kappa shape index (κ2) is 4.25. The van der Waals surface area contributed by atoms with Crippen molar-refractivity contribution < 1.29 is 9.90 Å². The van der Waals surface area contributed by atoms with Crippen molar-refractivity contribution in [1.82, 2.24) is 9.80 Å². The lowest BCUT2D eigenvalue weighted by Crippen LogP contribution is -2.67. The number of nitrogens with zero attached hydrogens (tertiary/aromatic N) is 2. The number of carboxylic acids is 1. The van der Waals surface area contributed by atoms with Crippen molar-refractivity contribution in [2.75, 3.05) is 32.7 Å². The third-order valence-electron chi connectivity index (χ3n) is 5.04. The monoisotopic (exact) mass is 238 g/mol. The van der Waals surface area contributed by atoms with Gasteiger partial charge in [0.15, 0.2) is 0 Å². The fraction of sp³-hybridized carbons (Fsp3) is 0.923. The van der Waals surface area contributed by atoms with Crippen molar-refractivity contribution in [2.45, 2.75) is 37.6 Å². The van der Waals surface area contributed by atoms with Gasteiger partial charge in [-0.05, 0) is 57.8 Å². The molecule has 96 valence electrons. The molecule has 1 unspecified atom stereocenters. The maximum Gasteiger partial charge on any atom is 0.305 e. The van der Waals surface area contributed by atoms with Crippen LogP contribution in [0.4, 0.5) is 0 Å². The summed E-state index contributed by atoms with van der Waals surface area (Å²) in [6.07, 6.45) is 5.23. The average molecular weight is 238 g/mol. The van der Waals surface area contributed by atoms with E-state index in [0.717, 1.165) is 19.6 Å². The van der Waals surface area contributed by atoms with Crippen molar-refractivity contribution in [3.8, 4) is 0 Å². The van der Waals surface area contributed by atoms with Crippen LogP contribution in [-0.2, 0) is 4.79 Å². The molecule has 4 heteroatoms. The topological polar surface area (TPSA) is 43.8 Å². The van der Waals surface area contributed by atoms with Gasteiger partial charge in [0.1, 0.15) is 0 Å². The van der Waals surface area contributed by atoms with Crippen LogP contribution in [0.5, 0.6) is 0 Å². The van der Waals surface area contributed by atoms with Crippen molar-refractivity contribution >= 4 is 5.97 Å².